The van der Waals surface area contributed by atoms with Crippen LogP contribution in [-0.2, 0) is 0 Å². The Balaban J connectivity index is 2.43. The van der Waals surface area contributed by atoms with Gasteiger partial charge < -0.3 is 9.84 Å². The maximum atomic E-state index is 13.5. The molecule has 0 heterocycles. The van der Waals surface area contributed by atoms with Gasteiger partial charge in [0.25, 0.3) is 0 Å². The van der Waals surface area contributed by atoms with Crippen LogP contribution < -0.4 is 4.74 Å². The zero-order valence-electron chi connectivity index (χ0n) is 11.7. The van der Waals surface area contributed by atoms with E-state index in [0.717, 1.165) is 5.56 Å². The Morgan fingerprint density at radius 1 is 1.14 bits per heavy atom. The monoisotopic (exact) mass is 328 g/mol. The zero-order chi connectivity index (χ0) is 15.6. The van der Waals surface area contributed by atoms with Crippen molar-refractivity contribution in [1.29, 1.82) is 0 Å². The number of aryl methyl sites for hydroxylation is 1. The van der Waals surface area contributed by atoms with Crippen molar-refractivity contribution in [1.82, 2.24) is 0 Å². The Bertz CT molecular complexity index is 639. The molecule has 0 aliphatic carbocycles. The summed E-state index contributed by atoms with van der Waals surface area (Å²) in [6.45, 7) is 4.05. The number of hydrogen-bond acceptors (Lipinski definition) is 2. The summed E-state index contributed by atoms with van der Waals surface area (Å²) in [6.07, 6.45) is -1.06. The second-order valence-electron chi connectivity index (χ2n) is 4.70. The molecule has 112 valence electrons. The minimum Gasteiger partial charge on any atom is -0.492 e. The average molecular weight is 329 g/mol. The van der Waals surface area contributed by atoms with Crippen LogP contribution in [0.1, 0.15) is 29.7 Å². The van der Waals surface area contributed by atoms with Crippen LogP contribution in [0, 0.1) is 12.7 Å². The van der Waals surface area contributed by atoms with Crippen LogP contribution in [0.5, 0.6) is 5.75 Å². The number of rotatable bonds is 4. The van der Waals surface area contributed by atoms with E-state index in [-0.39, 0.29) is 0 Å². The molecule has 2 aromatic carbocycles. The molecule has 0 bridgehead atoms. The summed E-state index contributed by atoms with van der Waals surface area (Å²) in [5.74, 6) is 0.0488. The fourth-order valence-electron chi connectivity index (χ4n) is 2.12. The standard InChI is InChI=1S/C16H15Cl2FO2/c1-3-21-15-8-13(17)12(7-14(15)18)16(20)10-4-9(2)5-11(19)6-10/h4-8,16,20H,3H2,1-2H3. The third-order valence-corrected chi connectivity index (χ3v) is 3.65. The van der Waals surface area contributed by atoms with Crippen LogP contribution in [0.15, 0.2) is 30.3 Å². The third kappa shape index (κ3) is 3.67. The first-order valence-corrected chi connectivity index (χ1v) is 7.25. The highest BCUT2D eigenvalue weighted by atomic mass is 35.5. The molecule has 0 saturated carbocycles. The molecule has 0 aliphatic heterocycles. The first-order valence-electron chi connectivity index (χ1n) is 6.49. The van der Waals surface area contributed by atoms with E-state index in [1.807, 2.05) is 6.92 Å². The van der Waals surface area contributed by atoms with Crippen molar-refractivity contribution in [3.8, 4) is 5.75 Å². The van der Waals surface area contributed by atoms with E-state index in [4.69, 9.17) is 27.9 Å². The van der Waals surface area contributed by atoms with Gasteiger partial charge in [0.1, 0.15) is 17.7 Å². The highest BCUT2D eigenvalue weighted by molar-refractivity contribution is 6.34. The van der Waals surface area contributed by atoms with E-state index in [0.29, 0.717) is 33.5 Å². The Hall–Kier alpha value is -1.29. The van der Waals surface area contributed by atoms with Gasteiger partial charge in [0, 0.05) is 11.6 Å². The molecule has 0 aromatic heterocycles. The molecule has 5 heteroatoms. The molecule has 0 amide bonds. The first-order chi connectivity index (χ1) is 9.92. The van der Waals surface area contributed by atoms with Crippen molar-refractivity contribution in [3.63, 3.8) is 0 Å². The van der Waals surface area contributed by atoms with Gasteiger partial charge in [0.15, 0.2) is 0 Å². The van der Waals surface area contributed by atoms with Crippen molar-refractivity contribution in [2.24, 2.45) is 0 Å². The maximum Gasteiger partial charge on any atom is 0.139 e. The summed E-state index contributed by atoms with van der Waals surface area (Å²) in [4.78, 5) is 0. The molecule has 2 nitrogen and oxygen atoms in total. The molecule has 0 spiro atoms. The Morgan fingerprint density at radius 2 is 1.86 bits per heavy atom. The fraction of sp³-hybridized carbons (Fsp3) is 0.250. The van der Waals surface area contributed by atoms with Gasteiger partial charge in [-0.15, -0.1) is 0 Å². The van der Waals surface area contributed by atoms with Crippen molar-refractivity contribution < 1.29 is 14.2 Å². The lowest BCUT2D eigenvalue weighted by atomic mass is 9.99. The lowest BCUT2D eigenvalue weighted by Gasteiger charge is -2.16. The van der Waals surface area contributed by atoms with E-state index in [1.54, 1.807) is 25.1 Å². The number of halogens is 3. The summed E-state index contributed by atoms with van der Waals surface area (Å²) in [5, 5.41) is 11.1. The smallest absolute Gasteiger partial charge is 0.139 e. The maximum absolute atomic E-state index is 13.5. The highest BCUT2D eigenvalue weighted by Gasteiger charge is 2.18. The number of aliphatic hydroxyl groups is 1. The number of benzene rings is 2. The van der Waals surface area contributed by atoms with Crippen LogP contribution >= 0.6 is 23.2 Å². The van der Waals surface area contributed by atoms with Gasteiger partial charge in [-0.2, -0.15) is 0 Å². The number of hydrogen-bond donors (Lipinski definition) is 1. The topological polar surface area (TPSA) is 29.5 Å². The van der Waals surface area contributed by atoms with E-state index in [9.17, 15) is 9.50 Å². The van der Waals surface area contributed by atoms with Gasteiger partial charge >= 0.3 is 0 Å². The van der Waals surface area contributed by atoms with Gasteiger partial charge in [0.05, 0.1) is 16.7 Å². The Kier molecular flexibility index (Phi) is 5.09. The molecule has 2 aromatic rings. The summed E-state index contributed by atoms with van der Waals surface area (Å²) in [5.41, 5.74) is 1.56. The molecule has 0 aliphatic rings. The number of ether oxygens (including phenoxy) is 1. The summed E-state index contributed by atoms with van der Waals surface area (Å²) >= 11 is 12.3. The molecule has 0 fully saturated rings. The lowest BCUT2D eigenvalue weighted by Crippen LogP contribution is -2.03. The highest BCUT2D eigenvalue weighted by Crippen LogP contribution is 2.36. The van der Waals surface area contributed by atoms with E-state index in [1.165, 1.54) is 12.1 Å². The minimum absolute atomic E-state index is 0.317. The van der Waals surface area contributed by atoms with Crippen LogP contribution in [0.4, 0.5) is 4.39 Å². The normalized spacial score (nSPS) is 12.3. The van der Waals surface area contributed by atoms with Crippen molar-refractivity contribution in [2.75, 3.05) is 6.61 Å². The molecule has 1 atom stereocenters. The molecule has 21 heavy (non-hydrogen) atoms. The van der Waals surface area contributed by atoms with Crippen molar-refractivity contribution in [3.05, 3.63) is 62.9 Å². The van der Waals surface area contributed by atoms with Gasteiger partial charge in [-0.25, -0.2) is 4.39 Å². The van der Waals surface area contributed by atoms with E-state index < -0.39 is 11.9 Å². The molecule has 1 N–H and O–H groups in total. The quantitative estimate of drug-likeness (QED) is 0.863. The van der Waals surface area contributed by atoms with Gasteiger partial charge in [-0.1, -0.05) is 29.3 Å². The largest absolute Gasteiger partial charge is 0.492 e. The van der Waals surface area contributed by atoms with Gasteiger partial charge in [-0.3, -0.25) is 0 Å². The Labute approximate surface area is 133 Å². The van der Waals surface area contributed by atoms with Crippen molar-refractivity contribution >= 4 is 23.2 Å². The average Bonchev–Trinajstić information content (AvgIpc) is 2.41. The summed E-state index contributed by atoms with van der Waals surface area (Å²) < 4.78 is 18.8. The summed E-state index contributed by atoms with van der Waals surface area (Å²) in [6, 6.07) is 7.47. The minimum atomic E-state index is -1.06. The Morgan fingerprint density at radius 3 is 2.48 bits per heavy atom. The lowest BCUT2D eigenvalue weighted by molar-refractivity contribution is 0.219. The second-order valence-corrected chi connectivity index (χ2v) is 5.52. The molecular formula is C16H15Cl2FO2. The van der Waals surface area contributed by atoms with Gasteiger partial charge in [-0.05, 0) is 43.2 Å². The third-order valence-electron chi connectivity index (χ3n) is 3.03. The van der Waals surface area contributed by atoms with E-state index in [2.05, 4.69) is 0 Å². The molecule has 0 saturated heterocycles. The van der Waals surface area contributed by atoms with Crippen LogP contribution in [0.3, 0.4) is 0 Å². The first kappa shape index (κ1) is 16.1. The SMILES string of the molecule is CCOc1cc(Cl)c(C(O)c2cc(C)cc(F)c2)cc1Cl. The van der Waals surface area contributed by atoms with Crippen molar-refractivity contribution in [2.45, 2.75) is 20.0 Å². The predicted molar refractivity (Wildman–Crippen MR) is 82.8 cm³/mol. The molecule has 0 radical (unpaired) electrons. The molecular weight excluding hydrogens is 314 g/mol. The van der Waals surface area contributed by atoms with Crippen LogP contribution in [0.2, 0.25) is 10.0 Å². The van der Waals surface area contributed by atoms with E-state index >= 15 is 0 Å². The predicted octanol–water partition coefficient (Wildman–Crippen LogP) is 4.92. The molecule has 1 unspecified atom stereocenters. The van der Waals surface area contributed by atoms with Crippen LogP contribution in [0.25, 0.3) is 0 Å². The fourth-order valence-corrected chi connectivity index (χ4v) is 2.61. The second kappa shape index (κ2) is 6.65. The number of aliphatic hydroxyl groups excluding tert-OH is 1. The summed E-state index contributed by atoms with van der Waals surface area (Å²) in [7, 11) is 0. The van der Waals surface area contributed by atoms with Crippen LogP contribution in [-0.4, -0.2) is 11.7 Å². The molecule has 2 rings (SSSR count). The van der Waals surface area contributed by atoms with Gasteiger partial charge in [0.2, 0.25) is 0 Å². The zero-order valence-corrected chi connectivity index (χ0v) is 13.2.